The van der Waals surface area contributed by atoms with Crippen LogP contribution in [-0.2, 0) is 6.54 Å². The fourth-order valence-corrected chi connectivity index (χ4v) is 1.23. The Bertz CT molecular complexity index is 418. The summed E-state index contributed by atoms with van der Waals surface area (Å²) in [6.07, 6.45) is 0. The maximum absolute atomic E-state index is 13.4. The van der Waals surface area contributed by atoms with Gasteiger partial charge in [-0.25, -0.2) is 9.18 Å². The molecule has 0 bridgehead atoms. The Kier molecular flexibility index (Phi) is 4.20. The molecule has 0 saturated carbocycles. The summed E-state index contributed by atoms with van der Waals surface area (Å²) < 4.78 is 13.4. The maximum Gasteiger partial charge on any atom is 0.335 e. The number of carboxylic acids is 1. The van der Waals surface area contributed by atoms with Crippen molar-refractivity contribution >= 4 is 5.97 Å². The summed E-state index contributed by atoms with van der Waals surface area (Å²) >= 11 is 0. The monoisotopic (exact) mass is 241 g/mol. The first-order valence-electron chi connectivity index (χ1n) is 5.23. The first-order valence-corrected chi connectivity index (χ1v) is 5.23. The second-order valence-electron chi connectivity index (χ2n) is 4.51. The van der Waals surface area contributed by atoms with Crippen molar-refractivity contribution in [3.63, 3.8) is 0 Å². The van der Waals surface area contributed by atoms with Gasteiger partial charge in [-0.05, 0) is 32.0 Å². The van der Waals surface area contributed by atoms with Crippen LogP contribution in [0, 0.1) is 5.82 Å². The average molecular weight is 241 g/mol. The van der Waals surface area contributed by atoms with E-state index >= 15 is 0 Å². The van der Waals surface area contributed by atoms with Gasteiger partial charge in [0.1, 0.15) is 5.82 Å². The number of hydrogen-bond acceptors (Lipinski definition) is 3. The van der Waals surface area contributed by atoms with E-state index in [1.807, 2.05) is 0 Å². The summed E-state index contributed by atoms with van der Waals surface area (Å²) in [6.45, 7) is 3.62. The molecule has 94 valence electrons. The van der Waals surface area contributed by atoms with Crippen molar-refractivity contribution in [3.8, 4) is 0 Å². The molecule has 0 aliphatic heterocycles. The van der Waals surface area contributed by atoms with Gasteiger partial charge in [0, 0.05) is 17.6 Å². The van der Waals surface area contributed by atoms with Gasteiger partial charge in [0.2, 0.25) is 0 Å². The van der Waals surface area contributed by atoms with Crippen molar-refractivity contribution in [2.75, 3.05) is 6.61 Å². The lowest BCUT2D eigenvalue weighted by Crippen LogP contribution is -2.42. The molecule has 1 aromatic carbocycles. The van der Waals surface area contributed by atoms with Crippen molar-refractivity contribution < 1.29 is 19.4 Å². The van der Waals surface area contributed by atoms with Crippen LogP contribution in [0.15, 0.2) is 18.2 Å². The van der Waals surface area contributed by atoms with Gasteiger partial charge in [-0.15, -0.1) is 0 Å². The Morgan fingerprint density at radius 1 is 1.47 bits per heavy atom. The van der Waals surface area contributed by atoms with Crippen LogP contribution < -0.4 is 5.32 Å². The molecule has 0 heterocycles. The van der Waals surface area contributed by atoms with E-state index in [4.69, 9.17) is 10.2 Å². The predicted molar refractivity (Wildman–Crippen MR) is 61.4 cm³/mol. The Hall–Kier alpha value is -1.46. The number of nitrogens with one attached hydrogen (secondary N) is 1. The number of carboxylic acid groups (broad SMARTS) is 1. The number of halogens is 1. The third-order valence-electron chi connectivity index (χ3n) is 2.45. The Morgan fingerprint density at radius 3 is 2.65 bits per heavy atom. The van der Waals surface area contributed by atoms with Crippen LogP contribution in [0.3, 0.4) is 0 Å². The minimum atomic E-state index is -1.09. The fraction of sp³-hybridized carbons (Fsp3) is 0.417. The Balaban J connectivity index is 2.83. The first-order chi connectivity index (χ1) is 7.85. The van der Waals surface area contributed by atoms with Gasteiger partial charge in [0.05, 0.1) is 12.2 Å². The van der Waals surface area contributed by atoms with E-state index in [9.17, 15) is 9.18 Å². The lowest BCUT2D eigenvalue weighted by atomic mass is 10.1. The second kappa shape index (κ2) is 5.25. The van der Waals surface area contributed by atoms with Crippen LogP contribution in [0.4, 0.5) is 4.39 Å². The molecule has 0 aliphatic carbocycles. The molecule has 0 spiro atoms. The molecule has 0 radical (unpaired) electrons. The molecule has 0 aromatic heterocycles. The zero-order valence-electron chi connectivity index (χ0n) is 9.83. The van der Waals surface area contributed by atoms with E-state index in [1.165, 1.54) is 12.1 Å². The molecular formula is C12H16FNO3. The van der Waals surface area contributed by atoms with Crippen molar-refractivity contribution in [3.05, 3.63) is 35.1 Å². The molecule has 0 atom stereocenters. The Labute approximate surface area is 99.1 Å². The minimum absolute atomic E-state index is 0.0463. The summed E-state index contributed by atoms with van der Waals surface area (Å²) in [5, 5.41) is 20.8. The van der Waals surface area contributed by atoms with Crippen molar-refractivity contribution in [2.24, 2.45) is 0 Å². The summed E-state index contributed by atoms with van der Waals surface area (Å²) in [5.41, 5.74) is -0.220. The number of aliphatic hydroxyl groups excluding tert-OH is 1. The largest absolute Gasteiger partial charge is 0.478 e. The van der Waals surface area contributed by atoms with Gasteiger partial charge >= 0.3 is 5.97 Å². The summed E-state index contributed by atoms with van der Waals surface area (Å²) in [7, 11) is 0. The van der Waals surface area contributed by atoms with Crippen molar-refractivity contribution in [2.45, 2.75) is 25.9 Å². The van der Waals surface area contributed by atoms with Crippen molar-refractivity contribution in [1.82, 2.24) is 5.32 Å². The molecule has 0 aliphatic rings. The quantitative estimate of drug-likeness (QED) is 0.728. The van der Waals surface area contributed by atoms with Crippen LogP contribution in [0.2, 0.25) is 0 Å². The molecule has 5 heteroatoms. The molecule has 4 nitrogen and oxygen atoms in total. The van der Waals surface area contributed by atoms with Crippen molar-refractivity contribution in [1.29, 1.82) is 0 Å². The molecule has 0 saturated heterocycles. The van der Waals surface area contributed by atoms with Crippen LogP contribution in [0.25, 0.3) is 0 Å². The summed E-state index contributed by atoms with van der Waals surface area (Å²) in [4.78, 5) is 10.7. The van der Waals surface area contributed by atoms with Crippen LogP contribution in [0.5, 0.6) is 0 Å². The number of aliphatic hydroxyl groups is 1. The normalized spacial score (nSPS) is 11.5. The van der Waals surface area contributed by atoms with E-state index < -0.39 is 17.3 Å². The third kappa shape index (κ3) is 3.80. The first kappa shape index (κ1) is 13.6. The molecule has 1 rings (SSSR count). The zero-order chi connectivity index (χ0) is 13.1. The highest BCUT2D eigenvalue weighted by Crippen LogP contribution is 2.12. The second-order valence-corrected chi connectivity index (χ2v) is 4.51. The van der Waals surface area contributed by atoms with E-state index in [1.54, 1.807) is 13.8 Å². The highest BCUT2D eigenvalue weighted by molar-refractivity contribution is 5.87. The zero-order valence-corrected chi connectivity index (χ0v) is 9.83. The molecule has 17 heavy (non-hydrogen) atoms. The third-order valence-corrected chi connectivity index (χ3v) is 2.45. The van der Waals surface area contributed by atoms with Gasteiger partial charge in [-0.2, -0.15) is 0 Å². The highest BCUT2D eigenvalue weighted by atomic mass is 19.1. The SMILES string of the molecule is CC(C)(CO)NCc1cc(C(=O)O)ccc1F. The lowest BCUT2D eigenvalue weighted by Gasteiger charge is -2.23. The van der Waals surface area contributed by atoms with Gasteiger partial charge < -0.3 is 15.5 Å². The molecule has 3 N–H and O–H groups in total. The van der Waals surface area contributed by atoms with Crippen LogP contribution >= 0.6 is 0 Å². The van der Waals surface area contributed by atoms with Crippen LogP contribution in [-0.4, -0.2) is 28.3 Å². The lowest BCUT2D eigenvalue weighted by molar-refractivity contribution is 0.0696. The van der Waals surface area contributed by atoms with Gasteiger partial charge in [-0.3, -0.25) is 0 Å². The van der Waals surface area contributed by atoms with Gasteiger partial charge in [0.15, 0.2) is 0 Å². The molecule has 0 fully saturated rings. The van der Waals surface area contributed by atoms with Gasteiger partial charge in [0.25, 0.3) is 0 Å². The standard InChI is InChI=1S/C12H16FNO3/c1-12(2,7-15)14-6-9-5-8(11(16)17)3-4-10(9)13/h3-5,14-15H,6-7H2,1-2H3,(H,16,17). The Morgan fingerprint density at radius 2 is 2.12 bits per heavy atom. The maximum atomic E-state index is 13.4. The van der Waals surface area contributed by atoms with E-state index in [-0.39, 0.29) is 24.3 Å². The van der Waals surface area contributed by atoms with E-state index in [2.05, 4.69) is 5.32 Å². The average Bonchev–Trinajstić information content (AvgIpc) is 2.27. The number of hydrogen-bond donors (Lipinski definition) is 3. The number of benzene rings is 1. The predicted octanol–water partition coefficient (Wildman–Crippen LogP) is 1.38. The number of carbonyl (C=O) groups is 1. The van der Waals surface area contributed by atoms with E-state index in [0.717, 1.165) is 6.07 Å². The smallest absolute Gasteiger partial charge is 0.335 e. The number of rotatable bonds is 5. The molecular weight excluding hydrogens is 225 g/mol. The molecule has 1 aromatic rings. The molecule has 0 unspecified atom stereocenters. The summed E-state index contributed by atoms with van der Waals surface area (Å²) in [6, 6.07) is 3.64. The topological polar surface area (TPSA) is 69.6 Å². The fourth-order valence-electron chi connectivity index (χ4n) is 1.23. The van der Waals surface area contributed by atoms with Gasteiger partial charge in [-0.1, -0.05) is 0 Å². The molecule has 0 amide bonds. The van der Waals surface area contributed by atoms with Crippen LogP contribution in [0.1, 0.15) is 29.8 Å². The summed E-state index contributed by atoms with van der Waals surface area (Å²) in [5.74, 6) is -1.55. The highest BCUT2D eigenvalue weighted by Gasteiger charge is 2.16. The number of aromatic carboxylic acids is 1. The minimum Gasteiger partial charge on any atom is -0.478 e. The van der Waals surface area contributed by atoms with E-state index in [0.29, 0.717) is 0 Å².